The van der Waals surface area contributed by atoms with Crippen molar-refractivity contribution in [3.8, 4) is 0 Å². The van der Waals surface area contributed by atoms with Crippen molar-refractivity contribution >= 4 is 16.7 Å². The first-order chi connectivity index (χ1) is 14.4. The maximum Gasteiger partial charge on any atom is 0.256 e. The molecule has 2 aliphatic heterocycles. The maximum atomic E-state index is 14.0. The summed E-state index contributed by atoms with van der Waals surface area (Å²) >= 11 is 0. The summed E-state index contributed by atoms with van der Waals surface area (Å²) in [5, 5.41) is 0.358. The Kier molecular flexibility index (Phi) is 4.47. The van der Waals surface area contributed by atoms with Gasteiger partial charge in [-0.25, -0.2) is 8.78 Å². The van der Waals surface area contributed by atoms with E-state index < -0.39 is 23.2 Å². The van der Waals surface area contributed by atoms with E-state index in [9.17, 15) is 18.4 Å². The van der Waals surface area contributed by atoms with E-state index in [1.165, 1.54) is 0 Å². The number of pyridine rings is 1. The molecule has 1 N–H and O–H groups in total. The second-order valence-corrected chi connectivity index (χ2v) is 7.98. The average molecular weight is 413 g/mol. The molecule has 0 spiro atoms. The van der Waals surface area contributed by atoms with Gasteiger partial charge in [0.15, 0.2) is 11.6 Å². The molecule has 4 heterocycles. The third kappa shape index (κ3) is 2.94. The molecular formula is C22H21F2N3O3. The van der Waals surface area contributed by atoms with Crippen LogP contribution in [-0.2, 0) is 24.3 Å². The highest BCUT2D eigenvalue weighted by atomic mass is 19.2. The summed E-state index contributed by atoms with van der Waals surface area (Å²) in [5.41, 5.74) is 2.29. The average Bonchev–Trinajstić information content (AvgIpc) is 3.18. The maximum absolute atomic E-state index is 14.0. The second kappa shape index (κ2) is 7.05. The molecule has 1 aromatic carbocycles. The van der Waals surface area contributed by atoms with Crippen LogP contribution < -0.4 is 5.56 Å². The number of halogens is 2. The fourth-order valence-electron chi connectivity index (χ4n) is 4.57. The number of nitrogens with one attached hydrogen (secondary N) is 1. The predicted molar refractivity (Wildman–Crippen MR) is 106 cm³/mol. The lowest BCUT2D eigenvalue weighted by Crippen LogP contribution is -2.37. The first-order valence-electron chi connectivity index (χ1n) is 10.0. The summed E-state index contributed by atoms with van der Waals surface area (Å²) < 4.78 is 35.5. The molecule has 0 saturated carbocycles. The van der Waals surface area contributed by atoms with E-state index in [4.69, 9.17) is 4.74 Å². The van der Waals surface area contributed by atoms with E-state index in [0.717, 1.165) is 43.6 Å². The Hall–Kier alpha value is -3.00. The standard InChI is InChI=1S/C22H21F2N3O3/c1-26(22(29)12-6-13-4-2-3-5-27(13)9-12)19-11-30-10-18-20(19)14-7-16(23)17(24)8-15(14)21(28)25-18/h6-9,19H,2-5,10-11H2,1H3,(H,25,28)/t19-/m1/s1. The van der Waals surface area contributed by atoms with Crippen molar-refractivity contribution in [2.75, 3.05) is 13.7 Å². The number of amides is 1. The van der Waals surface area contributed by atoms with Crippen LogP contribution in [0, 0.1) is 11.6 Å². The number of aromatic nitrogens is 2. The number of hydrogen-bond donors (Lipinski definition) is 1. The lowest BCUT2D eigenvalue weighted by atomic mass is 9.95. The van der Waals surface area contributed by atoms with Crippen LogP contribution in [0.4, 0.5) is 8.78 Å². The number of aromatic amines is 1. The monoisotopic (exact) mass is 413 g/mol. The molecular weight excluding hydrogens is 392 g/mol. The molecule has 0 bridgehead atoms. The molecule has 2 aliphatic rings. The van der Waals surface area contributed by atoms with E-state index >= 15 is 0 Å². The number of hydrogen-bond acceptors (Lipinski definition) is 3. The molecule has 3 aromatic rings. The topological polar surface area (TPSA) is 67.3 Å². The zero-order valence-electron chi connectivity index (χ0n) is 16.5. The zero-order chi connectivity index (χ0) is 21.0. The van der Waals surface area contributed by atoms with Crippen molar-refractivity contribution in [3.05, 3.63) is 68.9 Å². The van der Waals surface area contributed by atoms with Gasteiger partial charge in [0.2, 0.25) is 0 Å². The third-order valence-corrected chi connectivity index (χ3v) is 6.14. The molecule has 30 heavy (non-hydrogen) atoms. The highest BCUT2D eigenvalue weighted by molar-refractivity contribution is 5.95. The number of fused-ring (bicyclic) bond motifs is 4. The number of likely N-dealkylation sites (N-methyl/N-ethyl adjacent to an activating group) is 1. The highest BCUT2D eigenvalue weighted by Crippen LogP contribution is 2.34. The Bertz CT molecular complexity index is 1210. The summed E-state index contributed by atoms with van der Waals surface area (Å²) in [6.45, 7) is 1.24. The molecule has 8 heteroatoms. The minimum atomic E-state index is -1.08. The van der Waals surface area contributed by atoms with E-state index in [2.05, 4.69) is 9.55 Å². The third-order valence-electron chi connectivity index (χ3n) is 6.14. The fraction of sp³-hybridized carbons (Fsp3) is 0.364. The molecule has 156 valence electrons. The Morgan fingerprint density at radius 2 is 1.97 bits per heavy atom. The van der Waals surface area contributed by atoms with Crippen molar-refractivity contribution in [2.24, 2.45) is 0 Å². The molecule has 6 nitrogen and oxygen atoms in total. The number of H-pyrrole nitrogens is 1. The van der Waals surface area contributed by atoms with Crippen LogP contribution in [0.3, 0.4) is 0 Å². The lowest BCUT2D eigenvalue weighted by Gasteiger charge is -2.33. The number of aryl methyl sites for hydroxylation is 2. The molecule has 0 radical (unpaired) electrons. The summed E-state index contributed by atoms with van der Waals surface area (Å²) in [4.78, 5) is 29.9. The number of benzene rings is 1. The summed E-state index contributed by atoms with van der Waals surface area (Å²) in [6.07, 6.45) is 5.02. The number of carbonyl (C=O) groups is 1. The summed E-state index contributed by atoms with van der Waals surface area (Å²) in [5.74, 6) is -2.30. The van der Waals surface area contributed by atoms with E-state index in [1.54, 1.807) is 11.9 Å². The Balaban J connectivity index is 1.59. The Morgan fingerprint density at radius 3 is 2.73 bits per heavy atom. The van der Waals surface area contributed by atoms with Crippen molar-refractivity contribution in [1.82, 2.24) is 14.5 Å². The predicted octanol–water partition coefficient (Wildman–Crippen LogP) is 3.29. The van der Waals surface area contributed by atoms with E-state index in [-0.39, 0.29) is 24.5 Å². The van der Waals surface area contributed by atoms with Crippen LogP contribution in [-0.4, -0.2) is 34.0 Å². The van der Waals surface area contributed by atoms with Gasteiger partial charge in [-0.2, -0.15) is 0 Å². The van der Waals surface area contributed by atoms with Crippen LogP contribution in [0.5, 0.6) is 0 Å². The minimum Gasteiger partial charge on any atom is -0.373 e. The van der Waals surface area contributed by atoms with E-state index in [1.807, 2.05) is 12.3 Å². The first-order valence-corrected chi connectivity index (χ1v) is 10.0. The van der Waals surface area contributed by atoms with Gasteiger partial charge in [0.1, 0.15) is 0 Å². The highest BCUT2D eigenvalue weighted by Gasteiger charge is 2.32. The SMILES string of the molecule is CN(C(=O)c1cc2n(c1)CCCC2)[C@@H]1COCc2[nH]c(=O)c3cc(F)c(F)cc3c21. The van der Waals surface area contributed by atoms with Crippen LogP contribution in [0.25, 0.3) is 10.8 Å². The van der Waals surface area contributed by atoms with Gasteiger partial charge in [0.05, 0.1) is 30.2 Å². The van der Waals surface area contributed by atoms with Crippen molar-refractivity contribution in [1.29, 1.82) is 0 Å². The summed E-state index contributed by atoms with van der Waals surface area (Å²) in [7, 11) is 1.67. The molecule has 1 amide bonds. The minimum absolute atomic E-state index is 0.0553. The van der Waals surface area contributed by atoms with Gasteiger partial charge < -0.3 is 19.2 Å². The number of nitrogens with zero attached hydrogens (tertiary/aromatic N) is 2. The van der Waals surface area contributed by atoms with Crippen LogP contribution in [0.2, 0.25) is 0 Å². The van der Waals surface area contributed by atoms with Crippen LogP contribution >= 0.6 is 0 Å². The van der Waals surface area contributed by atoms with Crippen molar-refractivity contribution < 1.29 is 18.3 Å². The lowest BCUT2D eigenvalue weighted by molar-refractivity contribution is 0.0335. The van der Waals surface area contributed by atoms with Gasteiger partial charge in [-0.15, -0.1) is 0 Å². The van der Waals surface area contributed by atoms with E-state index in [0.29, 0.717) is 22.2 Å². The van der Waals surface area contributed by atoms with Crippen LogP contribution in [0.15, 0.2) is 29.2 Å². The Morgan fingerprint density at radius 1 is 1.20 bits per heavy atom. The molecule has 0 saturated heterocycles. The first kappa shape index (κ1) is 19.0. The molecule has 0 unspecified atom stereocenters. The molecule has 0 aliphatic carbocycles. The second-order valence-electron chi connectivity index (χ2n) is 7.98. The largest absolute Gasteiger partial charge is 0.373 e. The van der Waals surface area contributed by atoms with Crippen LogP contribution in [0.1, 0.15) is 46.2 Å². The van der Waals surface area contributed by atoms with Gasteiger partial charge in [0.25, 0.3) is 11.5 Å². The summed E-state index contributed by atoms with van der Waals surface area (Å²) in [6, 6.07) is 3.32. The molecule has 1 atom stereocenters. The Labute approximate surface area is 171 Å². The zero-order valence-corrected chi connectivity index (χ0v) is 16.5. The van der Waals surface area contributed by atoms with Gasteiger partial charge in [0, 0.05) is 36.7 Å². The normalized spacial score (nSPS) is 18.2. The molecule has 5 rings (SSSR count). The van der Waals surface area contributed by atoms with Crippen molar-refractivity contribution in [2.45, 2.75) is 38.5 Å². The van der Waals surface area contributed by atoms with Gasteiger partial charge in [-0.3, -0.25) is 9.59 Å². The van der Waals surface area contributed by atoms with Gasteiger partial charge >= 0.3 is 0 Å². The number of rotatable bonds is 2. The quantitative estimate of drug-likeness (QED) is 0.701. The molecule has 0 fully saturated rings. The fourth-order valence-corrected chi connectivity index (χ4v) is 4.57. The van der Waals surface area contributed by atoms with Gasteiger partial charge in [-0.1, -0.05) is 0 Å². The van der Waals surface area contributed by atoms with Gasteiger partial charge in [-0.05, 0) is 42.8 Å². The molecule has 2 aromatic heterocycles. The smallest absolute Gasteiger partial charge is 0.256 e. The number of carbonyl (C=O) groups excluding carboxylic acids is 1. The van der Waals surface area contributed by atoms with Crippen molar-refractivity contribution in [3.63, 3.8) is 0 Å². The number of ether oxygens (including phenoxy) is 1.